The first-order chi connectivity index (χ1) is 15.6. The van der Waals surface area contributed by atoms with Gasteiger partial charge in [0.15, 0.2) is 0 Å². The molecule has 32 heavy (non-hydrogen) atoms. The lowest BCUT2D eigenvalue weighted by atomic mass is 9.96. The summed E-state index contributed by atoms with van der Waals surface area (Å²) >= 11 is 0. The van der Waals surface area contributed by atoms with Crippen LogP contribution in [0.15, 0.2) is 36.4 Å². The van der Waals surface area contributed by atoms with Crippen molar-refractivity contribution in [3.63, 3.8) is 0 Å². The minimum Gasteiger partial charge on any atom is -0.508 e. The molecule has 1 aliphatic heterocycles. The number of carbonyl (C=O) groups is 1. The Morgan fingerprint density at radius 1 is 0.938 bits per heavy atom. The molecule has 0 amide bonds. The Morgan fingerprint density at radius 2 is 1.59 bits per heavy atom. The topological polar surface area (TPSA) is 76.0 Å². The first kappa shape index (κ1) is 24.0. The molecule has 174 valence electrons. The molecular formula is C27H36O5. The molecular weight excluding hydrogens is 404 g/mol. The Hall–Kier alpha value is -2.69. The Morgan fingerprint density at radius 3 is 2.34 bits per heavy atom. The van der Waals surface area contributed by atoms with E-state index in [1.807, 2.05) is 6.07 Å². The standard InChI is InChI=1S/C27H36O5/c1-2-3-4-5-6-7-8-9-10-11-27(30)32-26-19-22(29)15-16-23(26)24-17-13-20-12-14-21(28)18-25(20)31-24/h12,14-16,18-19,24,28-29H,2-11,13,17H2,1H3. The Kier molecular flexibility index (Phi) is 9.27. The van der Waals surface area contributed by atoms with Crippen LogP contribution in [0.4, 0.5) is 0 Å². The van der Waals surface area contributed by atoms with E-state index in [0.717, 1.165) is 43.2 Å². The minimum absolute atomic E-state index is 0.0495. The number of phenols is 2. The monoisotopic (exact) mass is 440 g/mol. The van der Waals surface area contributed by atoms with Crippen molar-refractivity contribution in [2.45, 2.75) is 90.1 Å². The molecule has 0 aliphatic carbocycles. The number of aromatic hydroxyl groups is 2. The molecule has 0 aromatic heterocycles. The van der Waals surface area contributed by atoms with E-state index in [0.29, 0.717) is 17.9 Å². The van der Waals surface area contributed by atoms with Crippen molar-refractivity contribution in [1.82, 2.24) is 0 Å². The third-order valence-electron chi connectivity index (χ3n) is 6.05. The van der Waals surface area contributed by atoms with E-state index < -0.39 is 0 Å². The molecule has 0 saturated heterocycles. The Balaban J connectivity index is 1.49. The zero-order chi connectivity index (χ0) is 22.8. The summed E-state index contributed by atoms with van der Waals surface area (Å²) in [6.07, 6.45) is 12.3. The van der Waals surface area contributed by atoms with Gasteiger partial charge in [-0.15, -0.1) is 0 Å². The number of phenolic OH excluding ortho intramolecular Hbond substituents is 2. The highest BCUT2D eigenvalue weighted by atomic mass is 16.5. The molecule has 5 nitrogen and oxygen atoms in total. The molecule has 0 bridgehead atoms. The van der Waals surface area contributed by atoms with E-state index in [1.165, 1.54) is 44.6 Å². The summed E-state index contributed by atoms with van der Waals surface area (Å²) < 4.78 is 11.7. The molecule has 3 rings (SSSR count). The molecule has 1 heterocycles. The van der Waals surface area contributed by atoms with E-state index in [9.17, 15) is 15.0 Å². The van der Waals surface area contributed by atoms with Crippen LogP contribution in [0.1, 0.15) is 94.8 Å². The third kappa shape index (κ3) is 7.18. The van der Waals surface area contributed by atoms with Crippen LogP contribution in [-0.2, 0) is 11.2 Å². The van der Waals surface area contributed by atoms with Gasteiger partial charge in [0, 0.05) is 24.1 Å². The molecule has 1 aliphatic rings. The van der Waals surface area contributed by atoms with Crippen molar-refractivity contribution in [3.05, 3.63) is 47.5 Å². The van der Waals surface area contributed by atoms with Gasteiger partial charge in [-0.2, -0.15) is 0 Å². The number of ether oxygens (including phenoxy) is 2. The molecule has 0 saturated carbocycles. The molecule has 2 N–H and O–H groups in total. The summed E-state index contributed by atoms with van der Waals surface area (Å²) in [6, 6.07) is 9.93. The van der Waals surface area contributed by atoms with Gasteiger partial charge in [0.2, 0.25) is 0 Å². The number of rotatable bonds is 12. The molecule has 2 aromatic rings. The van der Waals surface area contributed by atoms with Crippen LogP contribution in [-0.4, -0.2) is 16.2 Å². The van der Waals surface area contributed by atoms with Gasteiger partial charge in [0.25, 0.3) is 0 Å². The molecule has 0 radical (unpaired) electrons. The Labute approximate surface area is 191 Å². The molecule has 1 atom stereocenters. The maximum absolute atomic E-state index is 12.4. The highest BCUT2D eigenvalue weighted by Gasteiger charge is 2.25. The van der Waals surface area contributed by atoms with Crippen LogP contribution >= 0.6 is 0 Å². The van der Waals surface area contributed by atoms with Crippen molar-refractivity contribution in [2.24, 2.45) is 0 Å². The maximum Gasteiger partial charge on any atom is 0.311 e. The van der Waals surface area contributed by atoms with Gasteiger partial charge < -0.3 is 19.7 Å². The van der Waals surface area contributed by atoms with E-state index in [-0.39, 0.29) is 23.6 Å². The highest BCUT2D eigenvalue weighted by molar-refractivity contribution is 5.73. The van der Waals surface area contributed by atoms with E-state index >= 15 is 0 Å². The highest BCUT2D eigenvalue weighted by Crippen LogP contribution is 2.40. The summed E-state index contributed by atoms with van der Waals surface area (Å²) in [4.78, 5) is 12.4. The van der Waals surface area contributed by atoms with Crippen molar-refractivity contribution < 1.29 is 24.5 Å². The number of benzene rings is 2. The number of unbranched alkanes of at least 4 members (excludes halogenated alkanes) is 8. The van der Waals surface area contributed by atoms with Gasteiger partial charge in [0.1, 0.15) is 29.1 Å². The molecule has 0 spiro atoms. The average Bonchev–Trinajstić information content (AvgIpc) is 2.77. The average molecular weight is 441 g/mol. The second kappa shape index (κ2) is 12.4. The first-order valence-electron chi connectivity index (χ1n) is 12.1. The van der Waals surface area contributed by atoms with Crippen molar-refractivity contribution in [2.75, 3.05) is 0 Å². The molecule has 1 unspecified atom stereocenters. The van der Waals surface area contributed by atoms with Crippen LogP contribution in [0.3, 0.4) is 0 Å². The quantitative estimate of drug-likeness (QED) is 0.211. The van der Waals surface area contributed by atoms with E-state index in [2.05, 4.69) is 6.92 Å². The van der Waals surface area contributed by atoms with Gasteiger partial charge in [-0.1, -0.05) is 64.4 Å². The second-order valence-electron chi connectivity index (χ2n) is 8.71. The lowest BCUT2D eigenvalue weighted by molar-refractivity contribution is -0.134. The van der Waals surface area contributed by atoms with Crippen molar-refractivity contribution in [1.29, 1.82) is 0 Å². The largest absolute Gasteiger partial charge is 0.508 e. The van der Waals surface area contributed by atoms with Gasteiger partial charge in [-0.05, 0) is 43.0 Å². The minimum atomic E-state index is -0.305. The van der Waals surface area contributed by atoms with E-state index in [1.54, 1.807) is 24.3 Å². The molecule has 0 fully saturated rings. The summed E-state index contributed by atoms with van der Waals surface area (Å²) in [5.74, 6) is 0.908. The van der Waals surface area contributed by atoms with E-state index in [4.69, 9.17) is 9.47 Å². The van der Waals surface area contributed by atoms with Gasteiger partial charge in [-0.25, -0.2) is 0 Å². The Bertz CT molecular complexity index is 876. The van der Waals surface area contributed by atoms with Gasteiger partial charge in [0.05, 0.1) is 0 Å². The lowest BCUT2D eigenvalue weighted by Crippen LogP contribution is -2.17. The summed E-state index contributed by atoms with van der Waals surface area (Å²) in [5.41, 5.74) is 1.78. The van der Waals surface area contributed by atoms with Crippen molar-refractivity contribution in [3.8, 4) is 23.0 Å². The fourth-order valence-electron chi connectivity index (χ4n) is 4.21. The maximum atomic E-state index is 12.4. The van der Waals surface area contributed by atoms with Gasteiger partial charge >= 0.3 is 5.97 Å². The second-order valence-corrected chi connectivity index (χ2v) is 8.71. The first-order valence-corrected chi connectivity index (χ1v) is 12.1. The lowest BCUT2D eigenvalue weighted by Gasteiger charge is -2.27. The SMILES string of the molecule is CCCCCCCCCCCC(=O)Oc1cc(O)ccc1C1CCc2ccc(O)cc2O1. The predicted octanol–water partition coefficient (Wildman–Crippen LogP) is 6.99. The zero-order valence-electron chi connectivity index (χ0n) is 19.1. The molecule has 5 heteroatoms. The number of esters is 1. The smallest absolute Gasteiger partial charge is 0.311 e. The van der Waals surface area contributed by atoms with Gasteiger partial charge in [-0.3, -0.25) is 4.79 Å². The predicted molar refractivity (Wildman–Crippen MR) is 125 cm³/mol. The van der Waals surface area contributed by atoms with Crippen LogP contribution in [0.5, 0.6) is 23.0 Å². The zero-order valence-corrected chi connectivity index (χ0v) is 19.1. The summed E-state index contributed by atoms with van der Waals surface area (Å²) in [7, 11) is 0. The number of hydrogen-bond donors (Lipinski definition) is 2. The normalized spacial score (nSPS) is 15.1. The van der Waals surface area contributed by atoms with Crippen molar-refractivity contribution >= 4 is 5.97 Å². The summed E-state index contributed by atoms with van der Waals surface area (Å²) in [6.45, 7) is 2.23. The summed E-state index contributed by atoms with van der Waals surface area (Å²) in [5, 5.41) is 19.7. The van der Waals surface area contributed by atoms with Crippen LogP contribution < -0.4 is 9.47 Å². The molecule has 2 aromatic carbocycles. The number of fused-ring (bicyclic) bond motifs is 1. The fourth-order valence-corrected chi connectivity index (χ4v) is 4.21. The number of aryl methyl sites for hydroxylation is 1. The number of hydrogen-bond acceptors (Lipinski definition) is 5. The van der Waals surface area contributed by atoms with Crippen LogP contribution in [0, 0.1) is 0 Å². The number of carbonyl (C=O) groups excluding carboxylic acids is 1. The van der Waals surface area contributed by atoms with Crippen LogP contribution in [0.25, 0.3) is 0 Å². The third-order valence-corrected chi connectivity index (χ3v) is 6.05. The fraction of sp³-hybridized carbons (Fsp3) is 0.519. The van der Waals surface area contributed by atoms with Crippen LogP contribution in [0.2, 0.25) is 0 Å².